The molecule has 0 N–H and O–H groups in total. The van der Waals surface area contributed by atoms with Gasteiger partial charge in [-0.25, -0.2) is 0 Å². The van der Waals surface area contributed by atoms with Crippen molar-refractivity contribution >= 4 is 27.3 Å². The van der Waals surface area contributed by atoms with Gasteiger partial charge in [-0.2, -0.15) is 0 Å². The van der Waals surface area contributed by atoms with Gasteiger partial charge >= 0.3 is 0 Å². The fraction of sp³-hybridized carbons (Fsp3) is 0.185. The van der Waals surface area contributed by atoms with Crippen LogP contribution in [0.25, 0.3) is 38.6 Å². The quantitative estimate of drug-likeness (QED) is 0.139. The maximum absolute atomic E-state index is 4.87. The van der Waals surface area contributed by atoms with E-state index in [9.17, 15) is 0 Å². The first-order valence-electron chi connectivity index (χ1n) is 9.76. The van der Waals surface area contributed by atoms with E-state index >= 15 is 0 Å². The first-order chi connectivity index (χ1) is 13.5. The average molecular weight is 660 g/mol. The van der Waals surface area contributed by atoms with Crippen molar-refractivity contribution in [2.45, 2.75) is 34.6 Å². The van der Waals surface area contributed by atoms with Crippen molar-refractivity contribution in [3.8, 4) is 11.3 Å². The summed E-state index contributed by atoms with van der Waals surface area (Å²) in [6.07, 6.45) is 2.03. The van der Waals surface area contributed by atoms with Crippen LogP contribution in [0.4, 0.5) is 0 Å². The van der Waals surface area contributed by atoms with Crippen LogP contribution in [0.5, 0.6) is 0 Å². The Morgan fingerprint density at radius 3 is 2.03 bits per heavy atom. The maximum Gasteiger partial charge on any atom is 0.0639 e. The van der Waals surface area contributed by atoms with Crippen LogP contribution in [0.15, 0.2) is 48.7 Å². The zero-order chi connectivity index (χ0) is 19.6. The molecular weight excluding hydrogens is 633 g/mol. The van der Waals surface area contributed by atoms with Gasteiger partial charge < -0.3 is 11.8 Å². The van der Waals surface area contributed by atoms with Crippen LogP contribution in [0.1, 0.15) is 27.8 Å². The molecule has 0 amide bonds. The van der Waals surface area contributed by atoms with E-state index in [1.807, 2.05) is 12.3 Å². The monoisotopic (exact) mass is 660 g/mol. The molecule has 2 heterocycles. The summed E-state index contributed by atoms with van der Waals surface area (Å²) >= 11 is 0. The predicted octanol–water partition coefficient (Wildman–Crippen LogP) is 7.10. The van der Waals surface area contributed by atoms with Crippen LogP contribution < -0.4 is 0 Å². The Morgan fingerprint density at radius 1 is 0.774 bits per heavy atom. The SMILES string of the molecule is Cc1c(C)c(C)c(-c2cnc3c4[c-]cccc4c4ccccc4n23)c(C)c1C.[CH3-].[Ir].[Y]. The zero-order valence-electron chi connectivity index (χ0n) is 18.9. The molecular formula is C27H26IrN2Y-2. The summed E-state index contributed by atoms with van der Waals surface area (Å²) in [4.78, 5) is 4.87. The molecule has 5 rings (SSSR count). The van der Waals surface area contributed by atoms with E-state index < -0.39 is 0 Å². The van der Waals surface area contributed by atoms with Crippen molar-refractivity contribution in [1.82, 2.24) is 9.38 Å². The van der Waals surface area contributed by atoms with Crippen LogP contribution >= 0.6 is 0 Å². The fourth-order valence-corrected chi connectivity index (χ4v) is 4.58. The Bertz CT molecular complexity index is 1390. The molecule has 0 aliphatic heterocycles. The summed E-state index contributed by atoms with van der Waals surface area (Å²) in [5, 5.41) is 3.51. The second kappa shape index (κ2) is 9.63. The van der Waals surface area contributed by atoms with Crippen molar-refractivity contribution in [3.05, 3.63) is 90.0 Å². The summed E-state index contributed by atoms with van der Waals surface area (Å²) in [7, 11) is 0. The number of nitrogens with zero attached hydrogens (tertiary/aromatic N) is 2. The standard InChI is InChI=1S/C26H23N2.CH3.Ir.Y/c1-15-16(2)18(4)25(19(5)17(15)3)24-14-27-26-22-12-7-6-10-20(22)21-11-8-9-13-23(21)28(24)26;;;/h6-11,13-14H,1-5H3;1H3;;/q2*-1;;. The third kappa shape index (κ3) is 3.74. The topological polar surface area (TPSA) is 17.3 Å². The van der Waals surface area contributed by atoms with Gasteiger partial charge in [-0.15, -0.1) is 29.7 Å². The number of benzene rings is 3. The van der Waals surface area contributed by atoms with Gasteiger partial charge in [0.15, 0.2) is 0 Å². The van der Waals surface area contributed by atoms with Gasteiger partial charge in [0, 0.05) is 70.1 Å². The maximum atomic E-state index is 4.87. The van der Waals surface area contributed by atoms with Crippen LogP contribution in [0, 0.1) is 48.1 Å². The van der Waals surface area contributed by atoms with Crippen LogP contribution in [0.2, 0.25) is 0 Å². The second-order valence-electron chi connectivity index (χ2n) is 7.78. The number of hydrogen-bond acceptors (Lipinski definition) is 1. The fourth-order valence-electron chi connectivity index (χ4n) is 4.58. The Kier molecular flexibility index (Phi) is 8.04. The van der Waals surface area contributed by atoms with E-state index in [4.69, 9.17) is 4.98 Å². The Labute approximate surface area is 223 Å². The van der Waals surface area contributed by atoms with Crippen molar-refractivity contribution in [2.75, 3.05) is 0 Å². The van der Waals surface area contributed by atoms with Gasteiger partial charge in [-0.05, 0) is 73.9 Å². The summed E-state index contributed by atoms with van der Waals surface area (Å²) < 4.78 is 2.32. The predicted molar refractivity (Wildman–Crippen MR) is 125 cm³/mol. The van der Waals surface area contributed by atoms with E-state index in [1.54, 1.807) is 0 Å². The van der Waals surface area contributed by atoms with Gasteiger partial charge in [-0.3, -0.25) is 4.98 Å². The van der Waals surface area contributed by atoms with Crippen LogP contribution in [0.3, 0.4) is 0 Å². The molecule has 0 spiro atoms. The number of pyridine rings is 1. The number of para-hydroxylation sites is 1. The number of imidazole rings is 1. The number of aromatic nitrogens is 2. The van der Waals surface area contributed by atoms with E-state index in [1.165, 1.54) is 49.7 Å². The molecule has 4 heteroatoms. The van der Waals surface area contributed by atoms with Gasteiger partial charge in [-0.1, -0.05) is 23.6 Å². The minimum Gasteiger partial charge on any atom is -0.358 e. The van der Waals surface area contributed by atoms with Crippen molar-refractivity contribution in [1.29, 1.82) is 0 Å². The molecule has 0 atom stereocenters. The van der Waals surface area contributed by atoms with E-state index in [2.05, 4.69) is 81.5 Å². The Morgan fingerprint density at radius 2 is 1.35 bits per heavy atom. The molecule has 3 aromatic carbocycles. The van der Waals surface area contributed by atoms with E-state index in [0.29, 0.717) is 0 Å². The third-order valence-electron chi connectivity index (χ3n) is 6.53. The molecule has 2 nitrogen and oxygen atoms in total. The largest absolute Gasteiger partial charge is 0.358 e. The van der Waals surface area contributed by atoms with Gasteiger partial charge in [0.05, 0.1) is 11.3 Å². The molecule has 31 heavy (non-hydrogen) atoms. The van der Waals surface area contributed by atoms with Crippen molar-refractivity contribution in [2.24, 2.45) is 0 Å². The Balaban J connectivity index is 0.00000114. The number of hydrogen-bond donors (Lipinski definition) is 0. The summed E-state index contributed by atoms with van der Waals surface area (Å²) in [6, 6.07) is 18.2. The van der Waals surface area contributed by atoms with E-state index in [0.717, 1.165) is 16.7 Å². The minimum absolute atomic E-state index is 0. The van der Waals surface area contributed by atoms with Gasteiger partial charge in [0.25, 0.3) is 0 Å². The average Bonchev–Trinajstić information content (AvgIpc) is 3.16. The molecule has 0 bridgehead atoms. The second-order valence-corrected chi connectivity index (χ2v) is 7.78. The summed E-state index contributed by atoms with van der Waals surface area (Å²) in [6.45, 7) is 11.1. The molecule has 0 saturated carbocycles. The minimum atomic E-state index is 0. The smallest absolute Gasteiger partial charge is 0.0639 e. The van der Waals surface area contributed by atoms with Gasteiger partial charge in [0.2, 0.25) is 0 Å². The summed E-state index contributed by atoms with van der Waals surface area (Å²) in [5.74, 6) is 0. The molecule has 0 unspecified atom stereocenters. The zero-order valence-corrected chi connectivity index (χ0v) is 24.2. The molecule has 5 aromatic rings. The first kappa shape index (κ1) is 25.9. The molecule has 0 fully saturated rings. The molecule has 0 saturated heterocycles. The van der Waals surface area contributed by atoms with Crippen LogP contribution in [-0.4, -0.2) is 9.38 Å². The van der Waals surface area contributed by atoms with Crippen molar-refractivity contribution in [3.63, 3.8) is 0 Å². The number of rotatable bonds is 1. The van der Waals surface area contributed by atoms with E-state index in [-0.39, 0.29) is 60.2 Å². The molecule has 0 aliphatic carbocycles. The molecule has 2 aromatic heterocycles. The third-order valence-corrected chi connectivity index (χ3v) is 6.53. The van der Waals surface area contributed by atoms with Gasteiger partial charge in [0.1, 0.15) is 0 Å². The normalized spacial score (nSPS) is 10.6. The Hall–Kier alpha value is -1.38. The molecule has 2 radical (unpaired) electrons. The first-order valence-corrected chi connectivity index (χ1v) is 9.76. The van der Waals surface area contributed by atoms with Crippen LogP contribution in [-0.2, 0) is 52.8 Å². The van der Waals surface area contributed by atoms with Crippen molar-refractivity contribution < 1.29 is 52.8 Å². The number of fused-ring (bicyclic) bond motifs is 6. The molecule has 0 aliphatic rings. The molecule has 158 valence electrons. The summed E-state index contributed by atoms with van der Waals surface area (Å²) in [5.41, 5.74) is 11.4.